The van der Waals surface area contributed by atoms with Crippen molar-refractivity contribution in [2.45, 2.75) is 89.1 Å². The molecule has 1 unspecified atom stereocenters. The summed E-state index contributed by atoms with van der Waals surface area (Å²) in [5.74, 6) is -18.5. The predicted molar refractivity (Wildman–Crippen MR) is 113 cm³/mol. The summed E-state index contributed by atoms with van der Waals surface area (Å²) in [4.78, 5) is 23.2. The molecule has 0 aromatic carbocycles. The molecule has 0 aliphatic heterocycles. The monoisotopic (exact) mass is 580 g/mol. The summed E-state index contributed by atoms with van der Waals surface area (Å²) >= 11 is 0. The summed E-state index contributed by atoms with van der Waals surface area (Å²) in [5.41, 5.74) is -0.700. The van der Waals surface area contributed by atoms with Gasteiger partial charge in [-0.3, -0.25) is 0 Å². The summed E-state index contributed by atoms with van der Waals surface area (Å²) in [5, 5.41) is 0. The fourth-order valence-electron chi connectivity index (χ4n) is 7.21. The van der Waals surface area contributed by atoms with Crippen LogP contribution < -0.4 is 0 Å². The third-order valence-electron chi connectivity index (χ3n) is 9.36. The molecule has 4 rings (SSSR count). The standard InChI is InChI=1S/C25H26F10O4/c1-20-9-7-13(38-18(36)22(26,27)24(31,32)25(33,34)35)11-12(20)3-4-14-15-5-6-17(39-19(37)23(28,29)30)21(15,2)10-8-16(14)20/h3,11,14-17H,4-10H2,1-2H3/t14-,15-,16-,17?,20-,21-/m0/s1. The van der Waals surface area contributed by atoms with E-state index in [9.17, 15) is 53.5 Å². The Morgan fingerprint density at radius 1 is 0.872 bits per heavy atom. The van der Waals surface area contributed by atoms with Crippen LogP contribution in [0.4, 0.5) is 43.9 Å². The van der Waals surface area contributed by atoms with Crippen LogP contribution in [0.15, 0.2) is 23.5 Å². The maximum absolute atomic E-state index is 13.7. The summed E-state index contributed by atoms with van der Waals surface area (Å²) in [6.45, 7) is 3.70. The Bertz CT molecular complexity index is 1090. The lowest BCUT2D eigenvalue weighted by Crippen LogP contribution is -2.56. The van der Waals surface area contributed by atoms with Crippen molar-refractivity contribution in [2.75, 3.05) is 0 Å². The molecule has 220 valence electrons. The highest BCUT2D eigenvalue weighted by atomic mass is 19.4. The summed E-state index contributed by atoms with van der Waals surface area (Å²) < 4.78 is 139. The van der Waals surface area contributed by atoms with Crippen LogP contribution >= 0.6 is 0 Å². The van der Waals surface area contributed by atoms with E-state index in [1.54, 1.807) is 6.08 Å². The van der Waals surface area contributed by atoms with Gasteiger partial charge in [-0.05, 0) is 73.3 Å². The van der Waals surface area contributed by atoms with Crippen molar-refractivity contribution in [3.63, 3.8) is 0 Å². The summed E-state index contributed by atoms with van der Waals surface area (Å²) in [6.07, 6.45) is -7.43. The van der Waals surface area contributed by atoms with E-state index in [2.05, 4.69) is 4.74 Å². The lowest BCUT2D eigenvalue weighted by atomic mass is 9.48. The Morgan fingerprint density at radius 2 is 1.51 bits per heavy atom. The maximum atomic E-state index is 13.7. The van der Waals surface area contributed by atoms with Crippen LogP contribution in [0, 0.1) is 28.6 Å². The van der Waals surface area contributed by atoms with Crippen molar-refractivity contribution in [3.8, 4) is 0 Å². The smallest absolute Gasteiger partial charge is 0.455 e. The molecule has 0 bridgehead atoms. The minimum Gasteiger partial charge on any atom is -0.455 e. The fraction of sp³-hybridized carbons (Fsp3) is 0.760. The minimum absolute atomic E-state index is 0.000556. The molecule has 4 aliphatic carbocycles. The molecule has 2 saturated carbocycles. The molecule has 0 aromatic rings. The van der Waals surface area contributed by atoms with E-state index in [-0.39, 0.29) is 37.0 Å². The highest BCUT2D eigenvalue weighted by molar-refractivity contribution is 5.80. The molecule has 2 fully saturated rings. The van der Waals surface area contributed by atoms with Crippen LogP contribution in [0.1, 0.15) is 58.8 Å². The van der Waals surface area contributed by atoms with Gasteiger partial charge in [0.2, 0.25) is 0 Å². The Balaban J connectivity index is 1.52. The van der Waals surface area contributed by atoms with Crippen LogP contribution in [0.3, 0.4) is 0 Å². The quantitative estimate of drug-likeness (QED) is 0.259. The van der Waals surface area contributed by atoms with Gasteiger partial charge in [-0.1, -0.05) is 19.9 Å². The molecule has 14 heteroatoms. The van der Waals surface area contributed by atoms with Gasteiger partial charge in [-0.2, -0.15) is 43.9 Å². The third kappa shape index (κ3) is 4.62. The lowest BCUT2D eigenvalue weighted by Gasteiger charge is -2.56. The second-order valence-electron chi connectivity index (χ2n) is 11.3. The predicted octanol–water partition coefficient (Wildman–Crippen LogP) is 7.29. The third-order valence-corrected chi connectivity index (χ3v) is 9.36. The Morgan fingerprint density at radius 3 is 2.10 bits per heavy atom. The van der Waals surface area contributed by atoms with Crippen LogP contribution in [0.2, 0.25) is 0 Å². The number of hydrogen-bond donors (Lipinski definition) is 0. The highest BCUT2D eigenvalue weighted by Gasteiger charge is 2.77. The number of carbonyl (C=O) groups excluding carboxylic acids is 2. The number of fused-ring (bicyclic) bond motifs is 5. The second kappa shape index (κ2) is 9.12. The molecule has 0 heterocycles. The number of halogens is 10. The van der Waals surface area contributed by atoms with E-state index in [1.807, 2.05) is 13.8 Å². The van der Waals surface area contributed by atoms with E-state index in [1.165, 1.54) is 6.08 Å². The van der Waals surface area contributed by atoms with E-state index in [4.69, 9.17) is 4.74 Å². The largest absolute Gasteiger partial charge is 0.490 e. The van der Waals surface area contributed by atoms with Crippen molar-refractivity contribution < 1.29 is 63.0 Å². The number of carbonyl (C=O) groups is 2. The first-order valence-corrected chi connectivity index (χ1v) is 12.4. The number of allylic oxidation sites excluding steroid dienone is 4. The lowest BCUT2D eigenvalue weighted by molar-refractivity contribution is -0.347. The van der Waals surface area contributed by atoms with Crippen molar-refractivity contribution in [1.82, 2.24) is 0 Å². The zero-order chi connectivity index (χ0) is 29.4. The molecule has 6 atom stereocenters. The van der Waals surface area contributed by atoms with E-state index >= 15 is 0 Å². The maximum Gasteiger partial charge on any atom is 0.490 e. The minimum atomic E-state index is -6.67. The molecule has 0 amide bonds. The topological polar surface area (TPSA) is 52.6 Å². The van der Waals surface area contributed by atoms with Gasteiger partial charge in [0.1, 0.15) is 11.9 Å². The van der Waals surface area contributed by atoms with Crippen LogP contribution in [0.25, 0.3) is 0 Å². The molecular formula is C25H26F10O4. The van der Waals surface area contributed by atoms with Gasteiger partial charge in [0, 0.05) is 11.8 Å². The molecule has 0 saturated heterocycles. The molecule has 4 aliphatic rings. The van der Waals surface area contributed by atoms with Gasteiger partial charge in [0.15, 0.2) is 0 Å². The Hall–Kier alpha value is -2.28. The summed E-state index contributed by atoms with van der Waals surface area (Å²) in [6, 6.07) is 0. The van der Waals surface area contributed by atoms with Crippen LogP contribution in [-0.4, -0.2) is 42.2 Å². The second-order valence-corrected chi connectivity index (χ2v) is 11.3. The first kappa shape index (κ1) is 29.7. The number of hydrogen-bond acceptors (Lipinski definition) is 4. The van der Waals surface area contributed by atoms with Gasteiger partial charge >= 0.3 is 36.1 Å². The number of rotatable bonds is 4. The molecule has 0 N–H and O–H groups in total. The van der Waals surface area contributed by atoms with Crippen molar-refractivity contribution in [2.24, 2.45) is 28.6 Å². The molecule has 39 heavy (non-hydrogen) atoms. The van der Waals surface area contributed by atoms with Gasteiger partial charge in [-0.25, -0.2) is 9.59 Å². The van der Waals surface area contributed by atoms with E-state index in [0.29, 0.717) is 31.3 Å². The van der Waals surface area contributed by atoms with Gasteiger partial charge < -0.3 is 9.47 Å². The number of ether oxygens (including phenoxy) is 2. The van der Waals surface area contributed by atoms with Crippen molar-refractivity contribution in [1.29, 1.82) is 0 Å². The van der Waals surface area contributed by atoms with Gasteiger partial charge in [0.05, 0.1) is 0 Å². The van der Waals surface area contributed by atoms with Gasteiger partial charge in [0.25, 0.3) is 0 Å². The molecule has 0 radical (unpaired) electrons. The van der Waals surface area contributed by atoms with Crippen molar-refractivity contribution in [3.05, 3.63) is 23.5 Å². The normalized spacial score (nSPS) is 35.2. The Kier molecular flexibility index (Phi) is 6.94. The van der Waals surface area contributed by atoms with Crippen molar-refractivity contribution >= 4 is 11.9 Å². The Labute approximate surface area is 216 Å². The first-order chi connectivity index (χ1) is 17.7. The first-order valence-electron chi connectivity index (χ1n) is 12.4. The summed E-state index contributed by atoms with van der Waals surface area (Å²) in [7, 11) is 0. The average molecular weight is 580 g/mol. The number of esters is 2. The molecule has 0 spiro atoms. The fourth-order valence-corrected chi connectivity index (χ4v) is 7.21. The van der Waals surface area contributed by atoms with Crippen LogP contribution in [0.5, 0.6) is 0 Å². The molecular weight excluding hydrogens is 554 g/mol. The SMILES string of the molecule is C[C@]12CCC(OC(=O)C(F)(F)C(F)(F)C(F)(F)F)=CC1=CC[C@@H]1[C@@H]2CC[C@]2(C)C(OC(=O)C(F)(F)F)CC[C@@H]12. The van der Waals surface area contributed by atoms with E-state index in [0.717, 1.165) is 0 Å². The van der Waals surface area contributed by atoms with Crippen LogP contribution in [-0.2, 0) is 19.1 Å². The highest BCUT2D eigenvalue weighted by Crippen LogP contribution is 2.65. The van der Waals surface area contributed by atoms with Gasteiger partial charge in [-0.15, -0.1) is 0 Å². The molecule has 0 aromatic heterocycles. The van der Waals surface area contributed by atoms with E-state index < -0.39 is 58.8 Å². The average Bonchev–Trinajstić information content (AvgIpc) is 3.13. The number of alkyl halides is 10. The zero-order valence-electron chi connectivity index (χ0n) is 20.8. The molecule has 4 nitrogen and oxygen atoms in total. The zero-order valence-corrected chi connectivity index (χ0v) is 20.8.